The van der Waals surface area contributed by atoms with E-state index in [4.69, 9.17) is 10.8 Å². The molecule has 1 unspecified atom stereocenters. The zero-order valence-corrected chi connectivity index (χ0v) is 8.12. The second-order valence-corrected chi connectivity index (χ2v) is 3.27. The smallest absolute Gasteiger partial charge is 0.0604 e. The van der Waals surface area contributed by atoms with Crippen molar-refractivity contribution in [2.75, 3.05) is 6.61 Å². The number of hydrogen-bond donors (Lipinski definition) is 2. The molecule has 72 valence electrons. The summed E-state index contributed by atoms with van der Waals surface area (Å²) >= 11 is 0. The summed E-state index contributed by atoms with van der Waals surface area (Å²) in [5.41, 5.74) is 8.81. The molecule has 1 atom stereocenters. The van der Waals surface area contributed by atoms with Crippen LogP contribution in [0, 0.1) is 13.8 Å². The number of hydrogen-bond acceptors (Lipinski definition) is 3. The molecule has 3 N–H and O–H groups in total. The Balaban J connectivity index is 2.91. The molecule has 0 saturated carbocycles. The minimum absolute atomic E-state index is 0.107. The zero-order valence-electron chi connectivity index (χ0n) is 8.12. The first kappa shape index (κ1) is 10.2. The van der Waals surface area contributed by atoms with Crippen molar-refractivity contribution in [2.45, 2.75) is 26.3 Å². The van der Waals surface area contributed by atoms with E-state index in [1.54, 1.807) is 0 Å². The van der Waals surface area contributed by atoms with Gasteiger partial charge in [-0.05, 0) is 31.9 Å². The van der Waals surface area contributed by atoms with Crippen molar-refractivity contribution in [1.29, 1.82) is 0 Å². The third-order valence-corrected chi connectivity index (χ3v) is 2.07. The van der Waals surface area contributed by atoms with Gasteiger partial charge < -0.3 is 10.8 Å². The first-order valence-corrected chi connectivity index (χ1v) is 4.45. The normalized spacial score (nSPS) is 12.9. The molecule has 1 aromatic heterocycles. The van der Waals surface area contributed by atoms with Gasteiger partial charge in [-0.25, -0.2) is 0 Å². The van der Waals surface area contributed by atoms with Gasteiger partial charge in [0, 0.05) is 18.3 Å². The second kappa shape index (κ2) is 4.35. The van der Waals surface area contributed by atoms with E-state index in [-0.39, 0.29) is 12.6 Å². The van der Waals surface area contributed by atoms with Gasteiger partial charge in [0.1, 0.15) is 0 Å². The highest BCUT2D eigenvalue weighted by molar-refractivity contribution is 5.23. The standard InChI is InChI=1S/C10H16N2O/c1-7-3-4-8(2)12-10(7)9(11)5-6-13/h3-4,9,13H,5-6,11H2,1-2H3. The zero-order chi connectivity index (χ0) is 9.84. The molecule has 0 radical (unpaired) electrons. The number of aliphatic hydroxyl groups is 1. The summed E-state index contributed by atoms with van der Waals surface area (Å²) in [6.07, 6.45) is 0.567. The van der Waals surface area contributed by atoms with Crippen molar-refractivity contribution in [3.63, 3.8) is 0 Å². The van der Waals surface area contributed by atoms with Crippen LogP contribution in [0.15, 0.2) is 12.1 Å². The molecule has 0 bridgehead atoms. The number of aromatic nitrogens is 1. The first-order valence-electron chi connectivity index (χ1n) is 4.45. The lowest BCUT2D eigenvalue weighted by molar-refractivity contribution is 0.275. The Kier molecular flexibility index (Phi) is 3.39. The molecule has 0 aliphatic heterocycles. The minimum Gasteiger partial charge on any atom is -0.396 e. The van der Waals surface area contributed by atoms with Gasteiger partial charge in [0.2, 0.25) is 0 Å². The predicted octanol–water partition coefficient (Wildman–Crippen LogP) is 1.08. The third kappa shape index (κ3) is 2.50. The van der Waals surface area contributed by atoms with Crippen LogP contribution in [-0.2, 0) is 0 Å². The van der Waals surface area contributed by atoms with Gasteiger partial charge in [0.25, 0.3) is 0 Å². The van der Waals surface area contributed by atoms with E-state index >= 15 is 0 Å². The van der Waals surface area contributed by atoms with Crippen LogP contribution in [0.3, 0.4) is 0 Å². The van der Waals surface area contributed by atoms with Crippen molar-refractivity contribution >= 4 is 0 Å². The van der Waals surface area contributed by atoms with Gasteiger partial charge in [0.15, 0.2) is 0 Å². The highest BCUT2D eigenvalue weighted by Crippen LogP contribution is 2.15. The molecule has 1 heterocycles. The van der Waals surface area contributed by atoms with E-state index < -0.39 is 0 Å². The molecule has 0 aliphatic rings. The summed E-state index contributed by atoms with van der Waals surface area (Å²) in [7, 11) is 0. The van der Waals surface area contributed by atoms with Gasteiger partial charge >= 0.3 is 0 Å². The van der Waals surface area contributed by atoms with Crippen molar-refractivity contribution in [1.82, 2.24) is 4.98 Å². The van der Waals surface area contributed by atoms with E-state index in [9.17, 15) is 0 Å². The Hall–Kier alpha value is -0.930. The van der Waals surface area contributed by atoms with Crippen LogP contribution in [-0.4, -0.2) is 16.7 Å². The number of nitrogens with zero attached hydrogens (tertiary/aromatic N) is 1. The molecular formula is C10H16N2O. The summed E-state index contributed by atoms with van der Waals surface area (Å²) in [6, 6.07) is 3.82. The van der Waals surface area contributed by atoms with Crippen molar-refractivity contribution in [3.8, 4) is 0 Å². The number of rotatable bonds is 3. The number of nitrogens with two attached hydrogens (primary N) is 1. The van der Waals surface area contributed by atoms with Crippen molar-refractivity contribution in [3.05, 3.63) is 29.1 Å². The van der Waals surface area contributed by atoms with E-state index in [0.29, 0.717) is 6.42 Å². The molecule has 3 nitrogen and oxygen atoms in total. The maximum Gasteiger partial charge on any atom is 0.0604 e. The summed E-state index contributed by atoms with van der Waals surface area (Å²) in [5, 5.41) is 8.75. The van der Waals surface area contributed by atoms with Crippen LogP contribution in [0.4, 0.5) is 0 Å². The minimum atomic E-state index is -0.148. The fraction of sp³-hybridized carbons (Fsp3) is 0.500. The predicted molar refractivity (Wildman–Crippen MR) is 52.3 cm³/mol. The van der Waals surface area contributed by atoms with Crippen LogP contribution >= 0.6 is 0 Å². The first-order chi connectivity index (χ1) is 6.15. The van der Waals surface area contributed by atoms with Crippen LogP contribution < -0.4 is 5.73 Å². The lowest BCUT2D eigenvalue weighted by Gasteiger charge is -2.12. The van der Waals surface area contributed by atoms with E-state index in [0.717, 1.165) is 17.0 Å². The molecule has 0 aliphatic carbocycles. The molecule has 1 rings (SSSR count). The van der Waals surface area contributed by atoms with E-state index in [1.807, 2.05) is 26.0 Å². The molecule has 0 fully saturated rings. The van der Waals surface area contributed by atoms with Crippen LogP contribution in [0.1, 0.15) is 29.4 Å². The topological polar surface area (TPSA) is 59.1 Å². The van der Waals surface area contributed by atoms with Crippen molar-refractivity contribution < 1.29 is 5.11 Å². The highest BCUT2D eigenvalue weighted by Gasteiger charge is 2.09. The summed E-state index contributed by atoms with van der Waals surface area (Å²) in [5.74, 6) is 0. The van der Waals surface area contributed by atoms with Crippen LogP contribution in [0.5, 0.6) is 0 Å². The number of aryl methyl sites for hydroxylation is 2. The maximum atomic E-state index is 8.75. The quantitative estimate of drug-likeness (QED) is 0.731. The Morgan fingerprint density at radius 2 is 2.15 bits per heavy atom. The fourth-order valence-corrected chi connectivity index (χ4v) is 1.30. The molecule has 0 saturated heterocycles. The molecule has 0 spiro atoms. The summed E-state index contributed by atoms with van der Waals surface area (Å²) in [6.45, 7) is 4.03. The van der Waals surface area contributed by atoms with Gasteiger partial charge in [-0.15, -0.1) is 0 Å². The largest absolute Gasteiger partial charge is 0.396 e. The van der Waals surface area contributed by atoms with Gasteiger partial charge in [0.05, 0.1) is 5.69 Å². The van der Waals surface area contributed by atoms with Crippen LogP contribution in [0.25, 0.3) is 0 Å². The van der Waals surface area contributed by atoms with Gasteiger partial charge in [-0.2, -0.15) is 0 Å². The second-order valence-electron chi connectivity index (χ2n) is 3.27. The maximum absolute atomic E-state index is 8.75. The van der Waals surface area contributed by atoms with E-state index in [2.05, 4.69) is 4.98 Å². The number of aliphatic hydroxyl groups excluding tert-OH is 1. The molecule has 13 heavy (non-hydrogen) atoms. The average molecular weight is 180 g/mol. The third-order valence-electron chi connectivity index (χ3n) is 2.07. The van der Waals surface area contributed by atoms with E-state index in [1.165, 1.54) is 0 Å². The molecule has 0 amide bonds. The molecule has 1 aromatic rings. The number of pyridine rings is 1. The van der Waals surface area contributed by atoms with Gasteiger partial charge in [-0.1, -0.05) is 6.07 Å². The lowest BCUT2D eigenvalue weighted by Crippen LogP contribution is -2.15. The summed E-state index contributed by atoms with van der Waals surface area (Å²) in [4.78, 5) is 4.36. The monoisotopic (exact) mass is 180 g/mol. The van der Waals surface area contributed by atoms with Gasteiger partial charge in [-0.3, -0.25) is 4.98 Å². The molecule has 3 heteroatoms. The molecular weight excluding hydrogens is 164 g/mol. The lowest BCUT2D eigenvalue weighted by atomic mass is 10.1. The SMILES string of the molecule is Cc1ccc(C)c(C(N)CCO)n1. The Bertz CT molecular complexity index is 286. The van der Waals surface area contributed by atoms with Crippen LogP contribution in [0.2, 0.25) is 0 Å². The fourth-order valence-electron chi connectivity index (χ4n) is 1.30. The Labute approximate surface area is 78.6 Å². The summed E-state index contributed by atoms with van der Waals surface area (Å²) < 4.78 is 0. The highest BCUT2D eigenvalue weighted by atomic mass is 16.3. The Morgan fingerprint density at radius 1 is 1.46 bits per heavy atom. The molecule has 0 aromatic carbocycles. The Morgan fingerprint density at radius 3 is 2.77 bits per heavy atom. The van der Waals surface area contributed by atoms with Crippen molar-refractivity contribution in [2.24, 2.45) is 5.73 Å². The average Bonchev–Trinajstić information content (AvgIpc) is 2.09.